The van der Waals surface area contributed by atoms with Crippen molar-refractivity contribution in [1.29, 1.82) is 0 Å². The van der Waals surface area contributed by atoms with Gasteiger partial charge in [-0.25, -0.2) is 18.1 Å². The van der Waals surface area contributed by atoms with Gasteiger partial charge in [0.25, 0.3) is 6.02 Å². The van der Waals surface area contributed by atoms with Crippen molar-refractivity contribution in [3.05, 3.63) is 107 Å². The maximum atomic E-state index is 13.4. The van der Waals surface area contributed by atoms with Gasteiger partial charge in [0.15, 0.2) is 0 Å². The largest absolute Gasteiger partial charge is 0.457 e. The van der Waals surface area contributed by atoms with E-state index in [1.165, 1.54) is 0 Å². The zero-order valence-corrected chi connectivity index (χ0v) is 20.2. The van der Waals surface area contributed by atoms with Crippen LogP contribution < -0.4 is 4.72 Å². The fourth-order valence-electron chi connectivity index (χ4n) is 4.45. The smallest absolute Gasteiger partial charge is 0.299 e. The Morgan fingerprint density at radius 3 is 2.26 bits per heavy atom. The number of amidine groups is 1. The highest BCUT2D eigenvalue weighted by Gasteiger charge is 2.48. The molecule has 0 saturated carbocycles. The molecule has 6 nitrogen and oxygen atoms in total. The monoisotopic (exact) mass is 478 g/mol. The van der Waals surface area contributed by atoms with Crippen molar-refractivity contribution in [3.8, 4) is 0 Å². The van der Waals surface area contributed by atoms with Crippen LogP contribution in [0.4, 0.5) is 0 Å². The second kappa shape index (κ2) is 9.99. The topological polar surface area (TPSA) is 88.0 Å². The molecule has 1 heterocycles. The van der Waals surface area contributed by atoms with Gasteiger partial charge in [0.2, 0.25) is 10.0 Å². The summed E-state index contributed by atoms with van der Waals surface area (Å²) >= 11 is 0. The van der Waals surface area contributed by atoms with Crippen molar-refractivity contribution in [1.82, 2.24) is 4.72 Å². The van der Waals surface area contributed by atoms with Crippen LogP contribution in [0.15, 0.2) is 89.9 Å². The van der Waals surface area contributed by atoms with Crippen LogP contribution >= 0.6 is 0 Å². The van der Waals surface area contributed by atoms with Gasteiger partial charge in [-0.05, 0) is 48.9 Å². The first kappa shape index (κ1) is 24.0. The molecule has 0 amide bonds. The second-order valence-electron chi connectivity index (χ2n) is 9.01. The minimum Gasteiger partial charge on any atom is -0.457 e. The van der Waals surface area contributed by atoms with Gasteiger partial charge < -0.3 is 9.84 Å². The molecule has 0 aliphatic carbocycles. The van der Waals surface area contributed by atoms with Crippen LogP contribution in [0.25, 0.3) is 0 Å². The van der Waals surface area contributed by atoms with Gasteiger partial charge in [0.1, 0.15) is 10.9 Å². The maximum Gasteiger partial charge on any atom is 0.299 e. The molecule has 2 N–H and O–H groups in total. The molecule has 1 aliphatic heterocycles. The number of ether oxygens (including phenoxy) is 1. The van der Waals surface area contributed by atoms with E-state index in [1.54, 1.807) is 13.8 Å². The first-order valence-electron chi connectivity index (χ1n) is 11.4. The van der Waals surface area contributed by atoms with E-state index in [2.05, 4.69) is 21.8 Å². The van der Waals surface area contributed by atoms with E-state index in [-0.39, 0.29) is 12.6 Å². The molecule has 0 aromatic heterocycles. The van der Waals surface area contributed by atoms with Gasteiger partial charge in [-0.3, -0.25) is 0 Å². The average molecular weight is 479 g/mol. The number of nitrogens with one attached hydrogen (secondary N) is 1. The van der Waals surface area contributed by atoms with Crippen molar-refractivity contribution < 1.29 is 18.3 Å². The average Bonchev–Trinajstić information content (AvgIpc) is 2.79. The van der Waals surface area contributed by atoms with Crippen molar-refractivity contribution in [2.45, 2.75) is 43.6 Å². The third-order valence-corrected chi connectivity index (χ3v) is 7.82. The van der Waals surface area contributed by atoms with Crippen LogP contribution in [0.2, 0.25) is 0 Å². The predicted molar refractivity (Wildman–Crippen MR) is 134 cm³/mol. The molecule has 1 saturated heterocycles. The lowest BCUT2D eigenvalue weighted by Gasteiger charge is -2.39. The van der Waals surface area contributed by atoms with Gasteiger partial charge in [0.05, 0.1) is 6.04 Å². The molecular weight excluding hydrogens is 448 g/mol. The summed E-state index contributed by atoms with van der Waals surface area (Å²) in [5.74, 6) is 0. The minimum absolute atomic E-state index is 0.0519. The van der Waals surface area contributed by atoms with E-state index < -0.39 is 26.9 Å². The van der Waals surface area contributed by atoms with E-state index in [1.807, 2.05) is 72.8 Å². The van der Waals surface area contributed by atoms with E-state index in [0.29, 0.717) is 18.4 Å². The Balaban J connectivity index is 1.63. The molecule has 3 aromatic rings. The number of rotatable bonds is 7. The Hall–Kier alpha value is -3.16. The maximum absolute atomic E-state index is 13.4. The third-order valence-electron chi connectivity index (χ3n) is 5.90. The predicted octanol–water partition coefficient (Wildman–Crippen LogP) is 4.53. The lowest BCUT2D eigenvalue weighted by Crippen LogP contribution is -2.53. The fraction of sp³-hybridized carbons (Fsp3) is 0.296. The first-order valence-corrected chi connectivity index (χ1v) is 12.9. The summed E-state index contributed by atoms with van der Waals surface area (Å²) in [6, 6.07) is 26.7. The molecule has 2 atom stereocenters. The lowest BCUT2D eigenvalue weighted by molar-refractivity contribution is 0.0758. The number of hydrogen-bond donors (Lipinski definition) is 2. The van der Waals surface area contributed by atoms with E-state index in [4.69, 9.17) is 4.74 Å². The van der Waals surface area contributed by atoms with Gasteiger partial charge in [-0.15, -0.1) is 0 Å². The summed E-state index contributed by atoms with van der Waals surface area (Å²) in [5.41, 5.74) is 2.67. The number of nitrogens with zero attached hydrogens (tertiary/aromatic N) is 1. The van der Waals surface area contributed by atoms with Crippen molar-refractivity contribution in [2.75, 3.05) is 6.61 Å². The van der Waals surface area contributed by atoms with E-state index in [9.17, 15) is 13.5 Å². The summed E-state index contributed by atoms with van der Waals surface area (Å²) in [6.07, 6.45) is 1.06. The molecule has 1 aliphatic rings. The Labute approximate surface area is 201 Å². The molecule has 1 fully saturated rings. The number of benzene rings is 3. The normalized spacial score (nSPS) is 20.8. The minimum atomic E-state index is -3.83. The first-order chi connectivity index (χ1) is 16.3. The number of aliphatic hydroxyl groups is 1. The highest BCUT2D eigenvalue weighted by Crippen LogP contribution is 2.39. The SMILES string of the molecule is CC1(C)OC(=NC(CCO)c2ccccc2)NS(=O)(=O)C1c1cccc(Cc2ccccc2)c1. The van der Waals surface area contributed by atoms with Gasteiger partial charge >= 0.3 is 0 Å². The molecule has 34 heavy (non-hydrogen) atoms. The number of aliphatic imine (C=N–C) groups is 1. The number of hydrogen-bond acceptors (Lipinski definition) is 5. The standard InChI is InChI=1S/C27H30N2O4S/c1-27(2)25(23-15-9-12-21(19-23)18-20-10-5-3-6-11-20)34(31,32)29-26(33-27)28-24(16-17-30)22-13-7-4-8-14-22/h3-15,19,24-25,30H,16-18H2,1-2H3,(H,28,29). The van der Waals surface area contributed by atoms with Crippen LogP contribution in [0.3, 0.4) is 0 Å². The number of aliphatic hydroxyl groups excluding tert-OH is 1. The summed E-state index contributed by atoms with van der Waals surface area (Å²) in [6.45, 7) is 3.45. The van der Waals surface area contributed by atoms with Crippen molar-refractivity contribution >= 4 is 16.0 Å². The van der Waals surface area contributed by atoms with Crippen LogP contribution in [0, 0.1) is 0 Å². The number of sulfonamides is 1. The van der Waals surface area contributed by atoms with Crippen LogP contribution in [0.1, 0.15) is 53.8 Å². The Morgan fingerprint density at radius 1 is 0.971 bits per heavy atom. The lowest BCUT2D eigenvalue weighted by atomic mass is 9.94. The summed E-state index contributed by atoms with van der Waals surface area (Å²) in [4.78, 5) is 4.53. The van der Waals surface area contributed by atoms with Gasteiger partial charge in [-0.2, -0.15) is 0 Å². The molecule has 4 rings (SSSR count). The van der Waals surface area contributed by atoms with E-state index in [0.717, 1.165) is 16.7 Å². The van der Waals surface area contributed by atoms with E-state index >= 15 is 0 Å². The highest BCUT2D eigenvalue weighted by atomic mass is 32.2. The molecular formula is C27H30N2O4S. The fourth-order valence-corrected chi connectivity index (χ4v) is 6.21. The summed E-state index contributed by atoms with van der Waals surface area (Å²) in [5, 5.41) is 8.59. The molecule has 178 valence electrons. The zero-order chi connectivity index (χ0) is 24.2. The Kier molecular flexibility index (Phi) is 7.05. The van der Waals surface area contributed by atoms with Crippen LogP contribution in [-0.4, -0.2) is 31.8 Å². The van der Waals surface area contributed by atoms with Crippen molar-refractivity contribution in [2.24, 2.45) is 4.99 Å². The van der Waals surface area contributed by atoms with Gasteiger partial charge in [-0.1, -0.05) is 84.9 Å². The Bertz CT molecular complexity index is 1240. The quantitative estimate of drug-likeness (QED) is 0.522. The molecule has 0 bridgehead atoms. The van der Waals surface area contributed by atoms with Gasteiger partial charge in [0, 0.05) is 6.61 Å². The highest BCUT2D eigenvalue weighted by molar-refractivity contribution is 7.90. The summed E-state index contributed by atoms with van der Waals surface area (Å²) in [7, 11) is -3.83. The van der Waals surface area contributed by atoms with Crippen LogP contribution in [0.5, 0.6) is 0 Å². The van der Waals surface area contributed by atoms with Crippen LogP contribution in [-0.2, 0) is 21.2 Å². The molecule has 0 spiro atoms. The summed E-state index contributed by atoms with van der Waals surface area (Å²) < 4.78 is 35.5. The molecule has 7 heteroatoms. The second-order valence-corrected chi connectivity index (χ2v) is 10.8. The third kappa shape index (κ3) is 5.48. The Morgan fingerprint density at radius 2 is 1.62 bits per heavy atom. The van der Waals surface area contributed by atoms with Crippen molar-refractivity contribution in [3.63, 3.8) is 0 Å². The zero-order valence-electron chi connectivity index (χ0n) is 19.4. The molecule has 3 aromatic carbocycles. The molecule has 2 unspecified atom stereocenters. The molecule has 0 radical (unpaired) electrons.